The van der Waals surface area contributed by atoms with Crippen molar-refractivity contribution in [3.63, 3.8) is 0 Å². The number of hydrogen-bond acceptors (Lipinski definition) is 4. The number of rotatable bonds is 5. The molecule has 5 heteroatoms. The van der Waals surface area contributed by atoms with Gasteiger partial charge < -0.3 is 5.32 Å². The zero-order valence-electron chi connectivity index (χ0n) is 13.5. The Morgan fingerprint density at radius 1 is 1.39 bits per heavy atom. The van der Waals surface area contributed by atoms with Crippen LogP contribution in [0, 0.1) is 12.8 Å². The minimum atomic E-state index is 0.0187. The predicted octanol–water partition coefficient (Wildman–Crippen LogP) is 3.09. The topological polar surface area (TPSA) is 45.2 Å². The number of carbonyl (C=O) groups excluding carboxylic acids is 1. The van der Waals surface area contributed by atoms with Crippen LogP contribution in [0.1, 0.15) is 33.8 Å². The number of thiazole rings is 1. The van der Waals surface area contributed by atoms with E-state index < -0.39 is 0 Å². The largest absolute Gasteiger partial charge is 0.351 e. The lowest BCUT2D eigenvalue weighted by molar-refractivity contribution is 0.0934. The Labute approximate surface area is 141 Å². The second kappa shape index (κ2) is 7.70. The molecule has 0 saturated carbocycles. The number of benzene rings is 1. The first-order valence-electron chi connectivity index (χ1n) is 8.17. The van der Waals surface area contributed by atoms with Gasteiger partial charge in [0.2, 0.25) is 0 Å². The van der Waals surface area contributed by atoms with Crippen LogP contribution >= 0.6 is 11.3 Å². The minimum absolute atomic E-state index is 0.0187. The molecule has 122 valence electrons. The van der Waals surface area contributed by atoms with E-state index in [4.69, 9.17) is 0 Å². The van der Waals surface area contributed by atoms with Crippen molar-refractivity contribution in [2.75, 3.05) is 19.6 Å². The number of nitrogens with zero attached hydrogens (tertiary/aromatic N) is 2. The maximum atomic E-state index is 12.2. The number of nitrogens with one attached hydrogen (secondary N) is 1. The third kappa shape index (κ3) is 4.39. The van der Waals surface area contributed by atoms with Crippen molar-refractivity contribution in [2.24, 2.45) is 5.92 Å². The quantitative estimate of drug-likeness (QED) is 0.917. The van der Waals surface area contributed by atoms with Gasteiger partial charge in [-0.3, -0.25) is 9.69 Å². The summed E-state index contributed by atoms with van der Waals surface area (Å²) in [5, 5.41) is 3.08. The van der Waals surface area contributed by atoms with Crippen LogP contribution in [0.2, 0.25) is 0 Å². The summed E-state index contributed by atoms with van der Waals surface area (Å²) in [7, 11) is 0. The fourth-order valence-electron chi connectivity index (χ4n) is 3.14. The molecule has 3 rings (SSSR count). The zero-order chi connectivity index (χ0) is 16.1. The van der Waals surface area contributed by atoms with Crippen LogP contribution in [0.15, 0.2) is 35.8 Å². The van der Waals surface area contributed by atoms with Crippen molar-refractivity contribution >= 4 is 17.2 Å². The maximum absolute atomic E-state index is 12.2. The molecule has 1 aromatic heterocycles. The number of piperidine rings is 1. The number of hydrogen-bond donors (Lipinski definition) is 1. The van der Waals surface area contributed by atoms with E-state index in [9.17, 15) is 4.79 Å². The molecule has 1 aliphatic rings. The van der Waals surface area contributed by atoms with Gasteiger partial charge in [0.25, 0.3) is 5.91 Å². The summed E-state index contributed by atoms with van der Waals surface area (Å²) in [4.78, 5) is 19.6. The molecule has 1 atom stereocenters. The summed E-state index contributed by atoms with van der Waals surface area (Å²) in [6, 6.07) is 10.6. The van der Waals surface area contributed by atoms with Crippen LogP contribution in [0.3, 0.4) is 0 Å². The van der Waals surface area contributed by atoms with Crippen LogP contribution in [0.4, 0.5) is 0 Å². The normalized spacial score (nSPS) is 18.7. The highest BCUT2D eigenvalue weighted by molar-refractivity contribution is 7.11. The fraction of sp³-hybridized carbons (Fsp3) is 0.444. The van der Waals surface area contributed by atoms with Gasteiger partial charge in [-0.05, 0) is 37.8 Å². The minimum Gasteiger partial charge on any atom is -0.351 e. The Hall–Kier alpha value is -1.72. The van der Waals surface area contributed by atoms with Gasteiger partial charge >= 0.3 is 0 Å². The molecule has 1 saturated heterocycles. The van der Waals surface area contributed by atoms with Gasteiger partial charge in [-0.25, -0.2) is 4.98 Å². The van der Waals surface area contributed by atoms with Crippen LogP contribution in [-0.4, -0.2) is 35.4 Å². The second-order valence-corrected chi connectivity index (χ2v) is 7.06. The lowest BCUT2D eigenvalue weighted by Crippen LogP contribution is -2.40. The molecule has 23 heavy (non-hydrogen) atoms. The number of aryl methyl sites for hydroxylation is 1. The first-order chi connectivity index (χ1) is 11.2. The highest BCUT2D eigenvalue weighted by Gasteiger charge is 2.21. The second-order valence-electron chi connectivity index (χ2n) is 6.21. The first kappa shape index (κ1) is 16.1. The van der Waals surface area contributed by atoms with Gasteiger partial charge in [0.05, 0.1) is 11.2 Å². The van der Waals surface area contributed by atoms with Gasteiger partial charge in [0.1, 0.15) is 4.88 Å². The molecule has 0 bridgehead atoms. The summed E-state index contributed by atoms with van der Waals surface area (Å²) in [6.07, 6.45) is 2.39. The average molecular weight is 329 g/mol. The first-order valence-corrected chi connectivity index (χ1v) is 9.05. The van der Waals surface area contributed by atoms with E-state index >= 15 is 0 Å². The Balaban J connectivity index is 1.49. The molecule has 1 fully saturated rings. The molecular weight excluding hydrogens is 306 g/mol. The van der Waals surface area contributed by atoms with Crippen molar-refractivity contribution in [3.8, 4) is 0 Å². The summed E-state index contributed by atoms with van der Waals surface area (Å²) in [5.74, 6) is 0.551. The summed E-state index contributed by atoms with van der Waals surface area (Å²) >= 11 is 1.41. The van der Waals surface area contributed by atoms with E-state index in [0.717, 1.165) is 36.8 Å². The molecular formula is C18H23N3OS. The molecule has 0 aliphatic carbocycles. The van der Waals surface area contributed by atoms with E-state index in [2.05, 4.69) is 45.5 Å². The van der Waals surface area contributed by atoms with Crippen molar-refractivity contribution < 1.29 is 4.79 Å². The summed E-state index contributed by atoms with van der Waals surface area (Å²) in [5.41, 5.74) is 3.91. The predicted molar refractivity (Wildman–Crippen MR) is 93.6 cm³/mol. The van der Waals surface area contributed by atoms with Gasteiger partial charge in [-0.1, -0.05) is 30.3 Å². The number of amides is 1. The standard InChI is InChI=1S/C18H23N3OS/c1-14-17(23-13-20-14)18(22)19-10-16-8-5-9-21(12-16)11-15-6-3-2-4-7-15/h2-4,6-7,13,16H,5,8-12H2,1H3,(H,19,22)/t16-/m1/s1. The van der Waals surface area contributed by atoms with E-state index in [1.165, 1.54) is 29.7 Å². The molecule has 2 heterocycles. The average Bonchev–Trinajstić information content (AvgIpc) is 3.00. The van der Waals surface area contributed by atoms with Gasteiger partial charge in [-0.2, -0.15) is 0 Å². The SMILES string of the molecule is Cc1ncsc1C(=O)NC[C@H]1CCCN(Cc2ccccc2)C1. The van der Waals surface area contributed by atoms with E-state index in [1.54, 1.807) is 5.51 Å². The third-order valence-corrected chi connectivity index (χ3v) is 5.28. The Kier molecular flexibility index (Phi) is 5.41. The molecule has 4 nitrogen and oxygen atoms in total. The maximum Gasteiger partial charge on any atom is 0.263 e. The number of aromatic nitrogens is 1. The third-order valence-electron chi connectivity index (χ3n) is 4.36. The molecule has 1 N–H and O–H groups in total. The lowest BCUT2D eigenvalue weighted by Gasteiger charge is -2.32. The molecule has 2 aromatic rings. The summed E-state index contributed by atoms with van der Waals surface area (Å²) in [6.45, 7) is 5.83. The molecule has 1 aromatic carbocycles. The van der Waals surface area contributed by atoms with Gasteiger partial charge in [0, 0.05) is 19.6 Å². The lowest BCUT2D eigenvalue weighted by atomic mass is 9.97. The van der Waals surface area contributed by atoms with Crippen LogP contribution in [-0.2, 0) is 6.54 Å². The Morgan fingerprint density at radius 2 is 2.22 bits per heavy atom. The number of likely N-dealkylation sites (tertiary alicyclic amines) is 1. The van der Waals surface area contributed by atoms with E-state index in [-0.39, 0.29) is 5.91 Å². The van der Waals surface area contributed by atoms with Crippen LogP contribution in [0.5, 0.6) is 0 Å². The number of carbonyl (C=O) groups is 1. The molecule has 0 radical (unpaired) electrons. The monoisotopic (exact) mass is 329 g/mol. The van der Waals surface area contributed by atoms with E-state index in [0.29, 0.717) is 5.92 Å². The Bertz CT molecular complexity index is 641. The van der Waals surface area contributed by atoms with Crippen LogP contribution < -0.4 is 5.32 Å². The van der Waals surface area contributed by atoms with Crippen LogP contribution in [0.25, 0.3) is 0 Å². The van der Waals surface area contributed by atoms with Crippen molar-refractivity contribution in [3.05, 3.63) is 52.0 Å². The molecule has 1 amide bonds. The molecule has 0 spiro atoms. The smallest absolute Gasteiger partial charge is 0.263 e. The van der Waals surface area contributed by atoms with Gasteiger partial charge in [-0.15, -0.1) is 11.3 Å². The molecule has 1 aliphatic heterocycles. The van der Waals surface area contributed by atoms with E-state index in [1.807, 2.05) is 6.92 Å². The molecule has 0 unspecified atom stereocenters. The summed E-state index contributed by atoms with van der Waals surface area (Å²) < 4.78 is 0. The van der Waals surface area contributed by atoms with Gasteiger partial charge in [0.15, 0.2) is 0 Å². The van der Waals surface area contributed by atoms with Crippen molar-refractivity contribution in [2.45, 2.75) is 26.3 Å². The Morgan fingerprint density at radius 3 is 2.96 bits per heavy atom. The zero-order valence-corrected chi connectivity index (χ0v) is 14.3. The highest BCUT2D eigenvalue weighted by atomic mass is 32.1. The fourth-order valence-corrected chi connectivity index (χ4v) is 3.86. The van der Waals surface area contributed by atoms with Crippen molar-refractivity contribution in [1.82, 2.24) is 15.2 Å². The highest BCUT2D eigenvalue weighted by Crippen LogP contribution is 2.18. The van der Waals surface area contributed by atoms with Crippen molar-refractivity contribution in [1.29, 1.82) is 0 Å².